The Morgan fingerprint density at radius 1 is 0.912 bits per heavy atom. The van der Waals surface area contributed by atoms with Crippen LogP contribution < -0.4 is 10.2 Å². The molecule has 170 valence electrons. The number of carbonyl (C=O) groups excluding carboxylic acids is 1. The number of benzene rings is 3. The van der Waals surface area contributed by atoms with E-state index in [-0.39, 0.29) is 23.2 Å². The molecule has 6 rings (SSSR count). The summed E-state index contributed by atoms with van der Waals surface area (Å²) in [4.78, 5) is 28.9. The lowest BCUT2D eigenvalue weighted by atomic mass is 9.98. The van der Waals surface area contributed by atoms with E-state index in [9.17, 15) is 9.59 Å². The molecule has 0 saturated carbocycles. The zero-order valence-corrected chi connectivity index (χ0v) is 18.5. The van der Waals surface area contributed by atoms with Crippen molar-refractivity contribution in [3.63, 3.8) is 0 Å². The molecular weight excluding hydrogens is 430 g/mol. The van der Waals surface area contributed by atoms with Gasteiger partial charge in [-0.05, 0) is 54.8 Å². The first-order chi connectivity index (χ1) is 16.7. The first-order valence-electron chi connectivity index (χ1n) is 11.5. The van der Waals surface area contributed by atoms with Gasteiger partial charge in [-0.3, -0.25) is 9.59 Å². The molecule has 1 saturated heterocycles. The molecule has 0 spiro atoms. The molecule has 34 heavy (non-hydrogen) atoms. The Labute approximate surface area is 196 Å². The maximum absolute atomic E-state index is 13.6. The first-order valence-corrected chi connectivity index (χ1v) is 11.5. The van der Waals surface area contributed by atoms with Crippen LogP contribution in [0.1, 0.15) is 40.6 Å². The number of para-hydroxylation sites is 2. The first kappa shape index (κ1) is 20.7. The zero-order valence-electron chi connectivity index (χ0n) is 18.5. The molecule has 2 atom stereocenters. The molecule has 1 amide bonds. The summed E-state index contributed by atoms with van der Waals surface area (Å²) < 4.78 is 17.9. The third kappa shape index (κ3) is 3.56. The molecule has 1 fully saturated rings. The molecule has 6 nitrogen and oxygen atoms in total. The highest BCUT2D eigenvalue weighted by Crippen LogP contribution is 2.40. The lowest BCUT2D eigenvalue weighted by molar-refractivity contribution is 0.0486. The van der Waals surface area contributed by atoms with Crippen molar-refractivity contribution in [2.75, 3.05) is 13.2 Å². The van der Waals surface area contributed by atoms with Crippen LogP contribution >= 0.6 is 0 Å². The normalized spacial score (nSPS) is 19.5. The number of rotatable bonds is 5. The Morgan fingerprint density at radius 3 is 2.53 bits per heavy atom. The summed E-state index contributed by atoms with van der Waals surface area (Å²) in [5.41, 5.74) is 1.40. The van der Waals surface area contributed by atoms with Gasteiger partial charge in [-0.15, -0.1) is 0 Å². The molecule has 3 aromatic carbocycles. The van der Waals surface area contributed by atoms with Crippen molar-refractivity contribution in [3.8, 4) is 11.5 Å². The Kier molecular flexibility index (Phi) is 5.15. The van der Waals surface area contributed by atoms with Crippen LogP contribution in [0.25, 0.3) is 11.0 Å². The summed E-state index contributed by atoms with van der Waals surface area (Å²) in [5, 5.41) is 0.467. The van der Waals surface area contributed by atoms with E-state index in [4.69, 9.17) is 13.9 Å². The van der Waals surface area contributed by atoms with Crippen LogP contribution in [0.2, 0.25) is 0 Å². The standard InChI is InChI=1S/C28H23NO5/c30-26-22-13-4-5-14-23(22)34-27-24(26)25(29(28(27)31)17-21-12-7-15-32-21)18-8-6-11-20(16-18)33-19-9-2-1-3-10-19/h1-6,8-11,13-14,16,21,25H,7,12,15,17H2/t21-,25-/m0/s1. The predicted octanol–water partition coefficient (Wildman–Crippen LogP) is 5.31. The molecule has 0 aliphatic carbocycles. The Bertz CT molecular complexity index is 1420. The smallest absolute Gasteiger partial charge is 0.291 e. The highest BCUT2D eigenvalue weighted by Gasteiger charge is 2.44. The van der Waals surface area contributed by atoms with E-state index in [0.29, 0.717) is 41.2 Å². The Hall–Kier alpha value is -3.90. The fraction of sp³-hybridized carbons (Fsp3) is 0.214. The minimum absolute atomic E-state index is 0.0611. The van der Waals surface area contributed by atoms with Gasteiger partial charge in [0.15, 0.2) is 5.43 Å². The minimum atomic E-state index is -0.577. The lowest BCUT2D eigenvalue weighted by Gasteiger charge is -2.27. The summed E-state index contributed by atoms with van der Waals surface area (Å²) in [6.07, 6.45) is 1.79. The van der Waals surface area contributed by atoms with Gasteiger partial charge in [0.1, 0.15) is 17.1 Å². The minimum Gasteiger partial charge on any atom is -0.457 e. The van der Waals surface area contributed by atoms with E-state index in [2.05, 4.69) is 0 Å². The molecule has 3 heterocycles. The highest BCUT2D eigenvalue weighted by atomic mass is 16.5. The maximum atomic E-state index is 13.6. The summed E-state index contributed by atoms with van der Waals surface area (Å²) in [5.74, 6) is 1.17. The van der Waals surface area contributed by atoms with Gasteiger partial charge in [0, 0.05) is 13.2 Å². The Balaban J connectivity index is 1.47. The average molecular weight is 453 g/mol. The number of ether oxygens (including phenoxy) is 2. The van der Waals surface area contributed by atoms with Gasteiger partial charge >= 0.3 is 0 Å². The third-order valence-corrected chi connectivity index (χ3v) is 6.45. The molecular formula is C28H23NO5. The van der Waals surface area contributed by atoms with Crippen LogP contribution in [-0.2, 0) is 4.74 Å². The largest absolute Gasteiger partial charge is 0.457 e. The van der Waals surface area contributed by atoms with Crippen LogP contribution in [0.3, 0.4) is 0 Å². The van der Waals surface area contributed by atoms with Gasteiger partial charge in [0.05, 0.1) is 23.1 Å². The van der Waals surface area contributed by atoms with E-state index in [1.165, 1.54) is 0 Å². The summed E-state index contributed by atoms with van der Waals surface area (Å²) in [6, 6.07) is 23.5. The van der Waals surface area contributed by atoms with Crippen LogP contribution in [0.15, 0.2) is 88.1 Å². The van der Waals surface area contributed by atoms with Gasteiger partial charge in [-0.25, -0.2) is 0 Å². The second kappa shape index (κ2) is 8.47. The molecule has 6 heteroatoms. The van der Waals surface area contributed by atoms with Crippen molar-refractivity contribution in [3.05, 3.63) is 106 Å². The van der Waals surface area contributed by atoms with Gasteiger partial charge in [-0.1, -0.05) is 42.5 Å². The van der Waals surface area contributed by atoms with E-state index in [1.54, 1.807) is 29.2 Å². The lowest BCUT2D eigenvalue weighted by Crippen LogP contribution is -2.36. The topological polar surface area (TPSA) is 69.0 Å². The van der Waals surface area contributed by atoms with Gasteiger partial charge in [0.25, 0.3) is 5.91 Å². The molecule has 2 aliphatic rings. The number of amides is 1. The summed E-state index contributed by atoms with van der Waals surface area (Å²) in [6.45, 7) is 1.08. The zero-order chi connectivity index (χ0) is 23.1. The monoisotopic (exact) mass is 453 g/mol. The Morgan fingerprint density at radius 2 is 1.71 bits per heavy atom. The third-order valence-electron chi connectivity index (χ3n) is 6.45. The van der Waals surface area contributed by atoms with Crippen molar-refractivity contribution in [1.82, 2.24) is 4.90 Å². The summed E-state index contributed by atoms with van der Waals surface area (Å²) >= 11 is 0. The second-order valence-corrected chi connectivity index (χ2v) is 8.65. The molecule has 0 bridgehead atoms. The van der Waals surface area contributed by atoms with Crippen LogP contribution in [-0.4, -0.2) is 30.1 Å². The van der Waals surface area contributed by atoms with Crippen molar-refractivity contribution in [2.24, 2.45) is 0 Å². The molecule has 0 unspecified atom stereocenters. The van der Waals surface area contributed by atoms with E-state index in [1.807, 2.05) is 54.6 Å². The fourth-order valence-electron chi connectivity index (χ4n) is 4.88. The van der Waals surface area contributed by atoms with Crippen molar-refractivity contribution < 1.29 is 18.7 Å². The molecule has 1 aromatic heterocycles. The van der Waals surface area contributed by atoms with E-state index in [0.717, 1.165) is 18.4 Å². The number of fused-ring (bicyclic) bond motifs is 2. The van der Waals surface area contributed by atoms with E-state index < -0.39 is 6.04 Å². The predicted molar refractivity (Wildman–Crippen MR) is 127 cm³/mol. The highest BCUT2D eigenvalue weighted by molar-refractivity contribution is 5.99. The van der Waals surface area contributed by atoms with Crippen molar-refractivity contribution in [1.29, 1.82) is 0 Å². The molecule has 0 radical (unpaired) electrons. The van der Waals surface area contributed by atoms with Gasteiger partial charge < -0.3 is 18.8 Å². The fourth-order valence-corrected chi connectivity index (χ4v) is 4.88. The SMILES string of the molecule is O=C1c2oc3ccccc3c(=O)c2[C@H](c2cccc(Oc3ccccc3)c2)N1C[C@@H]1CCCO1. The maximum Gasteiger partial charge on any atom is 0.291 e. The quantitative estimate of drug-likeness (QED) is 0.410. The molecule has 2 aliphatic heterocycles. The number of carbonyl (C=O) groups is 1. The number of hydrogen-bond acceptors (Lipinski definition) is 5. The summed E-state index contributed by atoms with van der Waals surface area (Å²) in [7, 11) is 0. The van der Waals surface area contributed by atoms with Crippen molar-refractivity contribution >= 4 is 16.9 Å². The van der Waals surface area contributed by atoms with Crippen LogP contribution in [0.5, 0.6) is 11.5 Å². The van der Waals surface area contributed by atoms with Crippen molar-refractivity contribution in [2.45, 2.75) is 25.0 Å². The molecule has 4 aromatic rings. The van der Waals surface area contributed by atoms with Gasteiger partial charge in [-0.2, -0.15) is 0 Å². The average Bonchev–Trinajstić information content (AvgIpc) is 3.47. The number of nitrogens with zero attached hydrogens (tertiary/aromatic N) is 1. The van der Waals surface area contributed by atoms with E-state index >= 15 is 0 Å². The number of hydrogen-bond donors (Lipinski definition) is 0. The van der Waals surface area contributed by atoms with Gasteiger partial charge in [0.2, 0.25) is 5.76 Å². The van der Waals surface area contributed by atoms with Crippen LogP contribution in [0, 0.1) is 0 Å². The van der Waals surface area contributed by atoms with Crippen LogP contribution in [0.4, 0.5) is 0 Å². The second-order valence-electron chi connectivity index (χ2n) is 8.65. The molecule has 0 N–H and O–H groups in total.